The van der Waals surface area contributed by atoms with E-state index in [1.807, 2.05) is 0 Å². The molecule has 0 saturated carbocycles. The van der Waals surface area contributed by atoms with E-state index in [-0.39, 0.29) is 0 Å². The Hall–Kier alpha value is -0.780. The molecule has 0 aliphatic carbocycles. The summed E-state index contributed by atoms with van der Waals surface area (Å²) in [6, 6.07) is 4.99. The van der Waals surface area contributed by atoms with Crippen LogP contribution in [0, 0.1) is 0 Å². The van der Waals surface area contributed by atoms with E-state index in [4.69, 9.17) is 26.7 Å². The summed E-state index contributed by atoms with van der Waals surface area (Å²) in [5.74, 6) is 0.319. The van der Waals surface area contributed by atoms with Gasteiger partial charge in [0.25, 0.3) is 0 Å². The molecule has 0 bridgehead atoms. The van der Waals surface area contributed by atoms with Gasteiger partial charge in [-0.1, -0.05) is 6.07 Å². The molecule has 0 aliphatic rings. The maximum absolute atomic E-state index is 10.9. The molecule has 4 nitrogen and oxygen atoms in total. The van der Waals surface area contributed by atoms with Gasteiger partial charge in [0.05, 0.1) is 0 Å². The number of hydrogen-bond donors (Lipinski definition) is 0. The fourth-order valence-electron chi connectivity index (χ4n) is 1.14. The Kier molecular flexibility index (Phi) is 2.62. The summed E-state index contributed by atoms with van der Waals surface area (Å²) in [6.07, 6.45) is 0. The minimum atomic E-state index is -3.92. The number of alkyl halides is 1. The van der Waals surface area contributed by atoms with E-state index in [0.717, 1.165) is 5.56 Å². The first-order valence-corrected chi connectivity index (χ1v) is 6.75. The zero-order valence-electron chi connectivity index (χ0n) is 7.28. The van der Waals surface area contributed by atoms with Crippen LogP contribution in [0.2, 0.25) is 0 Å². The minimum Gasteiger partial charge on any atom is -0.427 e. The first kappa shape index (κ1) is 10.7. The molecule has 1 aromatic heterocycles. The van der Waals surface area contributed by atoms with Crippen molar-refractivity contribution in [2.24, 2.45) is 0 Å². The predicted octanol–water partition coefficient (Wildman–Crippen LogP) is 2.49. The van der Waals surface area contributed by atoms with Gasteiger partial charge in [0.15, 0.2) is 5.58 Å². The van der Waals surface area contributed by atoms with E-state index < -0.39 is 14.3 Å². The van der Waals surface area contributed by atoms with Gasteiger partial charge in [0.2, 0.25) is 0 Å². The zero-order chi connectivity index (χ0) is 11.1. The number of oxazole rings is 1. The quantitative estimate of drug-likeness (QED) is 0.619. The normalized spacial score (nSPS) is 12.1. The van der Waals surface area contributed by atoms with Gasteiger partial charge >= 0.3 is 14.3 Å². The summed E-state index contributed by atoms with van der Waals surface area (Å²) in [7, 11) is 1.17. The van der Waals surface area contributed by atoms with E-state index in [1.54, 1.807) is 18.2 Å². The van der Waals surface area contributed by atoms with Crippen LogP contribution in [0.25, 0.3) is 11.1 Å². The van der Waals surface area contributed by atoms with Gasteiger partial charge in [-0.3, -0.25) is 0 Å². The third kappa shape index (κ3) is 2.09. The Labute approximate surface area is 95.2 Å². The van der Waals surface area contributed by atoms with Crippen molar-refractivity contribution in [3.8, 4) is 0 Å². The van der Waals surface area contributed by atoms with Gasteiger partial charge in [-0.25, -0.2) is 8.42 Å². The van der Waals surface area contributed by atoms with E-state index in [2.05, 4.69) is 4.98 Å². The topological polar surface area (TPSA) is 60.2 Å². The Morgan fingerprint density at radius 3 is 2.73 bits per heavy atom. The zero-order valence-corrected chi connectivity index (χ0v) is 9.60. The second-order valence-electron chi connectivity index (χ2n) is 2.85. The SMILES string of the molecule is O=S(=O)(Cl)c1nc2ccc(CCl)cc2o1. The molecule has 0 N–H and O–H groups in total. The molecule has 2 rings (SSSR count). The third-order valence-corrected chi connectivity index (χ3v) is 3.09. The van der Waals surface area contributed by atoms with Gasteiger partial charge < -0.3 is 4.42 Å². The molecule has 15 heavy (non-hydrogen) atoms. The molecule has 0 radical (unpaired) electrons. The number of halogens is 2. The summed E-state index contributed by atoms with van der Waals surface area (Å²) in [5.41, 5.74) is 1.61. The number of hydrogen-bond acceptors (Lipinski definition) is 4. The largest absolute Gasteiger partial charge is 0.427 e. The van der Waals surface area contributed by atoms with Crippen molar-refractivity contribution in [2.45, 2.75) is 11.1 Å². The highest BCUT2D eigenvalue weighted by Gasteiger charge is 2.18. The lowest BCUT2D eigenvalue weighted by atomic mass is 10.2. The van der Waals surface area contributed by atoms with Crippen molar-refractivity contribution >= 4 is 42.4 Å². The molecule has 2 aromatic rings. The smallest absolute Gasteiger partial charge is 0.332 e. The summed E-state index contributed by atoms with van der Waals surface area (Å²) in [4.78, 5) is 3.73. The van der Waals surface area contributed by atoms with Crippen molar-refractivity contribution in [2.75, 3.05) is 0 Å². The van der Waals surface area contributed by atoms with Crippen LogP contribution in [-0.2, 0) is 14.9 Å². The lowest BCUT2D eigenvalue weighted by Gasteiger charge is -1.91. The molecule has 0 spiro atoms. The van der Waals surface area contributed by atoms with E-state index in [1.165, 1.54) is 0 Å². The van der Waals surface area contributed by atoms with E-state index in [9.17, 15) is 8.42 Å². The maximum Gasteiger partial charge on any atom is 0.332 e. The van der Waals surface area contributed by atoms with Gasteiger partial charge in [-0.15, -0.1) is 11.6 Å². The molecule has 80 valence electrons. The van der Waals surface area contributed by atoms with Crippen molar-refractivity contribution in [1.29, 1.82) is 0 Å². The first-order chi connectivity index (χ1) is 7.00. The Morgan fingerprint density at radius 1 is 1.40 bits per heavy atom. The highest BCUT2D eigenvalue weighted by atomic mass is 35.7. The van der Waals surface area contributed by atoms with Crippen molar-refractivity contribution in [3.63, 3.8) is 0 Å². The number of rotatable bonds is 2. The van der Waals surface area contributed by atoms with Crippen LogP contribution < -0.4 is 0 Å². The van der Waals surface area contributed by atoms with Crippen LogP contribution in [0.4, 0.5) is 0 Å². The predicted molar refractivity (Wildman–Crippen MR) is 56.6 cm³/mol. The summed E-state index contributed by atoms with van der Waals surface area (Å²) in [5, 5.41) is -0.495. The summed E-state index contributed by atoms with van der Waals surface area (Å²) >= 11 is 5.62. The lowest BCUT2D eigenvalue weighted by Crippen LogP contribution is -1.88. The van der Waals surface area contributed by atoms with Crippen LogP contribution >= 0.6 is 22.3 Å². The number of nitrogens with zero attached hydrogens (tertiary/aromatic N) is 1. The molecule has 1 heterocycles. The van der Waals surface area contributed by atoms with Gasteiger partial charge in [0.1, 0.15) is 5.52 Å². The Morgan fingerprint density at radius 2 is 2.13 bits per heavy atom. The molecule has 0 aliphatic heterocycles. The monoisotopic (exact) mass is 265 g/mol. The lowest BCUT2D eigenvalue weighted by molar-refractivity contribution is 0.464. The number of aromatic nitrogens is 1. The molecule has 1 aromatic carbocycles. The minimum absolute atomic E-state index is 0.319. The van der Waals surface area contributed by atoms with Gasteiger partial charge in [0, 0.05) is 16.6 Å². The number of fused-ring (bicyclic) bond motifs is 1. The molecular weight excluding hydrogens is 261 g/mol. The highest BCUT2D eigenvalue weighted by Crippen LogP contribution is 2.22. The van der Waals surface area contributed by atoms with E-state index >= 15 is 0 Å². The second kappa shape index (κ2) is 3.66. The van der Waals surface area contributed by atoms with Crippen LogP contribution in [-0.4, -0.2) is 13.4 Å². The molecule has 0 amide bonds. The molecule has 0 saturated heterocycles. The van der Waals surface area contributed by atoms with Crippen LogP contribution in [0.5, 0.6) is 0 Å². The van der Waals surface area contributed by atoms with E-state index in [0.29, 0.717) is 17.0 Å². The summed E-state index contributed by atoms with van der Waals surface area (Å²) < 4.78 is 26.9. The van der Waals surface area contributed by atoms with Crippen molar-refractivity contribution in [3.05, 3.63) is 23.8 Å². The van der Waals surface area contributed by atoms with Crippen LogP contribution in [0.3, 0.4) is 0 Å². The Bertz CT molecular complexity index is 605. The Balaban J connectivity index is 2.66. The average Bonchev–Trinajstić information content (AvgIpc) is 2.59. The van der Waals surface area contributed by atoms with Crippen LogP contribution in [0.1, 0.15) is 5.56 Å². The fourth-order valence-corrected chi connectivity index (χ4v) is 1.90. The molecule has 7 heteroatoms. The fraction of sp³-hybridized carbons (Fsp3) is 0.125. The highest BCUT2D eigenvalue weighted by molar-refractivity contribution is 8.13. The molecule has 0 atom stereocenters. The molecule has 0 fully saturated rings. The van der Waals surface area contributed by atoms with Gasteiger partial charge in [-0.2, -0.15) is 4.98 Å². The second-order valence-corrected chi connectivity index (χ2v) is 5.56. The van der Waals surface area contributed by atoms with Crippen molar-refractivity contribution in [1.82, 2.24) is 4.98 Å². The average molecular weight is 266 g/mol. The summed E-state index contributed by atoms with van der Waals surface area (Å²) in [6.45, 7) is 0. The first-order valence-electron chi connectivity index (χ1n) is 3.91. The molecular formula is C8H5Cl2NO3S. The van der Waals surface area contributed by atoms with Gasteiger partial charge in [-0.05, 0) is 17.7 Å². The van der Waals surface area contributed by atoms with Crippen molar-refractivity contribution < 1.29 is 12.8 Å². The standard InChI is InChI=1S/C8H5Cl2NO3S/c9-4-5-1-2-6-7(3-5)14-8(11-6)15(10,12)13/h1-3H,4H2. The molecule has 0 unspecified atom stereocenters. The number of benzene rings is 1. The maximum atomic E-state index is 10.9. The third-order valence-electron chi connectivity index (χ3n) is 1.80. The van der Waals surface area contributed by atoms with Crippen LogP contribution in [0.15, 0.2) is 27.8 Å².